The van der Waals surface area contributed by atoms with Gasteiger partial charge in [0, 0.05) is 11.0 Å². The summed E-state index contributed by atoms with van der Waals surface area (Å²) in [6.07, 6.45) is -1.23. The van der Waals surface area contributed by atoms with Gasteiger partial charge in [-0.05, 0) is 29.3 Å². The van der Waals surface area contributed by atoms with Crippen LogP contribution in [-0.4, -0.2) is 25.9 Å². The standard InChI is InChI=1S/C20H21NO5/c1-20(2)11-25-16-9-12(3-5-14(16)18(20)26-19(21)22)13-4-6-15-17(10-13)24-8-7-23-15/h3-6,9-10,18H,7-8,11H2,1-2H3,(H2,21,22). The first kappa shape index (κ1) is 16.6. The van der Waals surface area contributed by atoms with E-state index >= 15 is 0 Å². The van der Waals surface area contributed by atoms with E-state index in [-0.39, 0.29) is 5.41 Å². The van der Waals surface area contributed by atoms with Crippen LogP contribution in [0.4, 0.5) is 4.79 Å². The summed E-state index contributed by atoms with van der Waals surface area (Å²) in [6.45, 7) is 5.51. The molecule has 1 unspecified atom stereocenters. The van der Waals surface area contributed by atoms with Crippen LogP contribution in [0, 0.1) is 5.41 Å². The fourth-order valence-corrected chi connectivity index (χ4v) is 3.38. The highest BCUT2D eigenvalue weighted by Gasteiger charge is 2.40. The van der Waals surface area contributed by atoms with Gasteiger partial charge in [0.15, 0.2) is 11.5 Å². The zero-order valence-corrected chi connectivity index (χ0v) is 14.8. The molecule has 6 heteroatoms. The van der Waals surface area contributed by atoms with Crippen LogP contribution >= 0.6 is 0 Å². The topological polar surface area (TPSA) is 80.0 Å². The van der Waals surface area contributed by atoms with Crippen molar-refractivity contribution in [2.45, 2.75) is 20.0 Å². The molecule has 0 saturated carbocycles. The van der Waals surface area contributed by atoms with Gasteiger partial charge in [0.25, 0.3) is 0 Å². The molecular formula is C20H21NO5. The van der Waals surface area contributed by atoms with Crippen LogP contribution in [0.15, 0.2) is 36.4 Å². The lowest BCUT2D eigenvalue weighted by Crippen LogP contribution is -2.37. The predicted molar refractivity (Wildman–Crippen MR) is 95.6 cm³/mol. The second-order valence-electron chi connectivity index (χ2n) is 7.21. The van der Waals surface area contributed by atoms with Crippen LogP contribution in [0.1, 0.15) is 25.5 Å². The Kier molecular flexibility index (Phi) is 3.90. The van der Waals surface area contributed by atoms with Gasteiger partial charge in [-0.2, -0.15) is 0 Å². The third-order valence-electron chi connectivity index (χ3n) is 4.71. The molecule has 0 spiro atoms. The number of ether oxygens (including phenoxy) is 4. The van der Waals surface area contributed by atoms with E-state index in [1.165, 1.54) is 0 Å². The molecule has 26 heavy (non-hydrogen) atoms. The van der Waals surface area contributed by atoms with Crippen molar-refractivity contribution in [2.24, 2.45) is 11.1 Å². The fourth-order valence-electron chi connectivity index (χ4n) is 3.38. The van der Waals surface area contributed by atoms with Gasteiger partial charge < -0.3 is 24.7 Å². The summed E-state index contributed by atoms with van der Waals surface area (Å²) in [5.41, 5.74) is 7.70. The zero-order valence-electron chi connectivity index (χ0n) is 14.8. The number of rotatable bonds is 2. The molecule has 2 aromatic carbocycles. The SMILES string of the molecule is CC1(C)COc2cc(-c3ccc4c(c3)OCCO4)ccc2C1OC(N)=O. The Morgan fingerprint density at radius 1 is 1.00 bits per heavy atom. The number of carbonyl (C=O) groups is 1. The maximum absolute atomic E-state index is 11.3. The predicted octanol–water partition coefficient (Wildman–Crippen LogP) is 3.68. The van der Waals surface area contributed by atoms with Gasteiger partial charge >= 0.3 is 6.09 Å². The van der Waals surface area contributed by atoms with Crippen molar-refractivity contribution in [3.63, 3.8) is 0 Å². The molecule has 2 aliphatic rings. The number of nitrogens with two attached hydrogens (primary N) is 1. The number of hydrogen-bond acceptors (Lipinski definition) is 5. The quantitative estimate of drug-likeness (QED) is 0.889. The molecule has 0 bridgehead atoms. The molecule has 2 aliphatic heterocycles. The highest BCUT2D eigenvalue weighted by atomic mass is 16.6. The minimum absolute atomic E-state index is 0.361. The molecule has 2 heterocycles. The van der Waals surface area contributed by atoms with E-state index < -0.39 is 12.2 Å². The van der Waals surface area contributed by atoms with Gasteiger partial charge in [0.1, 0.15) is 25.1 Å². The van der Waals surface area contributed by atoms with Crippen molar-refractivity contribution in [2.75, 3.05) is 19.8 Å². The van der Waals surface area contributed by atoms with E-state index in [0.29, 0.717) is 25.6 Å². The highest BCUT2D eigenvalue weighted by Crippen LogP contribution is 2.46. The molecule has 0 saturated heterocycles. The molecule has 1 amide bonds. The normalized spacial score (nSPS) is 19.8. The molecule has 1 atom stereocenters. The van der Waals surface area contributed by atoms with E-state index in [4.69, 9.17) is 24.7 Å². The van der Waals surface area contributed by atoms with E-state index in [1.807, 2.05) is 50.2 Å². The van der Waals surface area contributed by atoms with Gasteiger partial charge in [-0.15, -0.1) is 0 Å². The number of primary amides is 1. The fraction of sp³-hybridized carbons (Fsp3) is 0.350. The van der Waals surface area contributed by atoms with Crippen molar-refractivity contribution in [3.05, 3.63) is 42.0 Å². The van der Waals surface area contributed by atoms with Crippen molar-refractivity contribution in [3.8, 4) is 28.4 Å². The highest BCUT2D eigenvalue weighted by molar-refractivity contribution is 5.70. The van der Waals surface area contributed by atoms with Crippen molar-refractivity contribution in [1.29, 1.82) is 0 Å². The molecule has 0 aliphatic carbocycles. The minimum Gasteiger partial charge on any atom is -0.492 e. The van der Waals surface area contributed by atoms with Gasteiger partial charge in [-0.25, -0.2) is 4.79 Å². The number of amides is 1. The first-order valence-corrected chi connectivity index (χ1v) is 8.57. The van der Waals surface area contributed by atoms with Crippen molar-refractivity contribution in [1.82, 2.24) is 0 Å². The number of carbonyl (C=O) groups excluding carboxylic acids is 1. The largest absolute Gasteiger partial charge is 0.492 e. The van der Waals surface area contributed by atoms with Crippen LogP contribution in [-0.2, 0) is 4.74 Å². The van der Waals surface area contributed by atoms with Crippen molar-refractivity contribution < 1.29 is 23.7 Å². The van der Waals surface area contributed by atoms with E-state index in [9.17, 15) is 4.79 Å². The summed E-state index contributed by atoms with van der Waals surface area (Å²) >= 11 is 0. The summed E-state index contributed by atoms with van der Waals surface area (Å²) in [4.78, 5) is 11.3. The average molecular weight is 355 g/mol. The Morgan fingerprint density at radius 3 is 2.38 bits per heavy atom. The number of fused-ring (bicyclic) bond motifs is 2. The molecule has 2 N–H and O–H groups in total. The van der Waals surface area contributed by atoms with E-state index in [0.717, 1.165) is 28.2 Å². The van der Waals surface area contributed by atoms with E-state index in [1.54, 1.807) is 0 Å². The van der Waals surface area contributed by atoms with Crippen LogP contribution in [0.3, 0.4) is 0 Å². The average Bonchev–Trinajstić information content (AvgIpc) is 2.63. The Hall–Kier alpha value is -2.89. The summed E-state index contributed by atoms with van der Waals surface area (Å²) in [7, 11) is 0. The maximum atomic E-state index is 11.3. The Labute approximate surface area is 151 Å². The van der Waals surface area contributed by atoms with Crippen LogP contribution in [0.5, 0.6) is 17.2 Å². The van der Waals surface area contributed by atoms with Crippen LogP contribution < -0.4 is 19.9 Å². The number of benzene rings is 2. The smallest absolute Gasteiger partial charge is 0.405 e. The lowest BCUT2D eigenvalue weighted by atomic mass is 9.80. The zero-order chi connectivity index (χ0) is 18.3. The van der Waals surface area contributed by atoms with Gasteiger partial charge in [-0.1, -0.05) is 32.0 Å². The molecule has 136 valence electrons. The molecular weight excluding hydrogens is 334 g/mol. The first-order valence-electron chi connectivity index (χ1n) is 8.57. The number of hydrogen-bond donors (Lipinski definition) is 1. The van der Waals surface area contributed by atoms with Gasteiger partial charge in [-0.3, -0.25) is 0 Å². The molecule has 0 radical (unpaired) electrons. The lowest BCUT2D eigenvalue weighted by Gasteiger charge is -2.38. The summed E-state index contributed by atoms with van der Waals surface area (Å²) < 4.78 is 22.5. The van der Waals surface area contributed by atoms with Gasteiger partial charge in [0.05, 0.1) is 6.61 Å². The molecule has 2 aromatic rings. The van der Waals surface area contributed by atoms with Crippen LogP contribution in [0.2, 0.25) is 0 Å². The first-order chi connectivity index (χ1) is 12.4. The van der Waals surface area contributed by atoms with Gasteiger partial charge in [0.2, 0.25) is 0 Å². The third kappa shape index (κ3) is 2.92. The Morgan fingerprint density at radius 2 is 1.65 bits per heavy atom. The Bertz CT molecular complexity index is 861. The third-order valence-corrected chi connectivity index (χ3v) is 4.71. The monoisotopic (exact) mass is 355 g/mol. The second-order valence-corrected chi connectivity index (χ2v) is 7.21. The van der Waals surface area contributed by atoms with Crippen molar-refractivity contribution >= 4 is 6.09 Å². The van der Waals surface area contributed by atoms with Crippen LogP contribution in [0.25, 0.3) is 11.1 Å². The summed E-state index contributed by atoms with van der Waals surface area (Å²) in [6, 6.07) is 11.7. The lowest BCUT2D eigenvalue weighted by molar-refractivity contribution is -0.0176. The summed E-state index contributed by atoms with van der Waals surface area (Å²) in [5, 5.41) is 0. The molecule has 6 nitrogen and oxygen atoms in total. The van der Waals surface area contributed by atoms with E-state index in [2.05, 4.69) is 0 Å². The molecule has 0 aromatic heterocycles. The second kappa shape index (κ2) is 6.12. The maximum Gasteiger partial charge on any atom is 0.405 e. The minimum atomic E-state index is -0.785. The molecule has 4 rings (SSSR count). The Balaban J connectivity index is 1.70. The molecule has 0 fully saturated rings. The summed E-state index contributed by atoms with van der Waals surface area (Å²) in [5.74, 6) is 2.19.